The van der Waals surface area contributed by atoms with E-state index in [0.717, 1.165) is 33.8 Å². The Morgan fingerprint density at radius 2 is 2.10 bits per heavy atom. The van der Waals surface area contributed by atoms with Gasteiger partial charge in [0.2, 0.25) is 5.95 Å². The van der Waals surface area contributed by atoms with E-state index in [4.69, 9.17) is 11.6 Å². The lowest BCUT2D eigenvalue weighted by molar-refractivity contribution is 0.812. The van der Waals surface area contributed by atoms with E-state index in [1.807, 2.05) is 20.9 Å². The first kappa shape index (κ1) is 14.3. The first-order chi connectivity index (χ1) is 10.0. The van der Waals surface area contributed by atoms with E-state index in [1.165, 1.54) is 4.88 Å². The van der Waals surface area contributed by atoms with Gasteiger partial charge >= 0.3 is 0 Å². The summed E-state index contributed by atoms with van der Waals surface area (Å²) in [5.41, 5.74) is 1.69. The lowest BCUT2D eigenvalue weighted by Gasteiger charge is -2.07. The number of halogens is 1. The molecule has 1 N–H and O–H groups in total. The second-order valence-electron chi connectivity index (χ2n) is 4.80. The van der Waals surface area contributed by atoms with Gasteiger partial charge in [-0.05, 0) is 26.3 Å². The van der Waals surface area contributed by atoms with E-state index in [9.17, 15) is 0 Å². The SMILES string of the molecule is CCc1cc2c(-n3nc(C)c(Cl)c3C)nc(NC)nc2s1. The summed E-state index contributed by atoms with van der Waals surface area (Å²) in [5, 5.41) is 9.21. The van der Waals surface area contributed by atoms with Crippen LogP contribution in [0.2, 0.25) is 5.02 Å². The van der Waals surface area contributed by atoms with Gasteiger partial charge in [-0.3, -0.25) is 0 Å². The zero-order valence-electron chi connectivity index (χ0n) is 12.4. The Labute approximate surface area is 132 Å². The topological polar surface area (TPSA) is 55.6 Å². The van der Waals surface area contributed by atoms with Crippen molar-refractivity contribution in [2.45, 2.75) is 27.2 Å². The minimum Gasteiger partial charge on any atom is -0.357 e. The van der Waals surface area contributed by atoms with Gasteiger partial charge in [-0.25, -0.2) is 9.67 Å². The molecule has 0 aliphatic rings. The highest BCUT2D eigenvalue weighted by molar-refractivity contribution is 7.18. The quantitative estimate of drug-likeness (QED) is 0.798. The normalized spacial score (nSPS) is 11.3. The Morgan fingerprint density at radius 3 is 2.67 bits per heavy atom. The van der Waals surface area contributed by atoms with E-state index in [1.54, 1.807) is 16.0 Å². The summed E-state index contributed by atoms with van der Waals surface area (Å²) in [4.78, 5) is 11.4. The number of nitrogens with one attached hydrogen (secondary N) is 1. The molecule has 0 saturated heterocycles. The highest BCUT2D eigenvalue weighted by Gasteiger charge is 2.17. The maximum absolute atomic E-state index is 6.27. The van der Waals surface area contributed by atoms with Crippen LogP contribution in [0.15, 0.2) is 6.07 Å². The molecule has 0 atom stereocenters. The Balaban J connectivity index is 2.33. The van der Waals surface area contributed by atoms with Gasteiger partial charge in [-0.2, -0.15) is 10.1 Å². The van der Waals surface area contributed by atoms with Crippen molar-refractivity contribution in [1.29, 1.82) is 0 Å². The number of hydrogen-bond donors (Lipinski definition) is 1. The molecule has 0 fully saturated rings. The van der Waals surface area contributed by atoms with Gasteiger partial charge in [0.25, 0.3) is 0 Å². The van der Waals surface area contributed by atoms with Gasteiger partial charge in [0, 0.05) is 11.9 Å². The maximum atomic E-state index is 6.27. The fraction of sp³-hybridized carbons (Fsp3) is 0.357. The Bertz CT molecular complexity index is 820. The van der Waals surface area contributed by atoms with Gasteiger partial charge < -0.3 is 5.32 Å². The summed E-state index contributed by atoms with van der Waals surface area (Å²) in [5.74, 6) is 1.36. The van der Waals surface area contributed by atoms with Crippen molar-refractivity contribution in [3.8, 4) is 5.82 Å². The summed E-state index contributed by atoms with van der Waals surface area (Å²) >= 11 is 7.95. The molecule has 0 spiro atoms. The van der Waals surface area contributed by atoms with Crippen LogP contribution in [-0.4, -0.2) is 26.8 Å². The van der Waals surface area contributed by atoms with Crippen molar-refractivity contribution < 1.29 is 0 Å². The van der Waals surface area contributed by atoms with Crippen LogP contribution in [0.5, 0.6) is 0 Å². The molecule has 21 heavy (non-hydrogen) atoms. The van der Waals surface area contributed by atoms with E-state index in [-0.39, 0.29) is 0 Å². The summed E-state index contributed by atoms with van der Waals surface area (Å²) < 4.78 is 1.80. The van der Waals surface area contributed by atoms with Gasteiger partial charge in [-0.15, -0.1) is 11.3 Å². The molecular weight excluding hydrogens is 306 g/mol. The monoisotopic (exact) mass is 321 g/mol. The molecule has 0 aliphatic heterocycles. The summed E-state index contributed by atoms with van der Waals surface area (Å²) in [7, 11) is 1.81. The molecule has 0 unspecified atom stereocenters. The molecule has 3 rings (SSSR count). The highest BCUT2D eigenvalue weighted by atomic mass is 35.5. The Morgan fingerprint density at radius 1 is 1.33 bits per heavy atom. The molecule has 7 heteroatoms. The van der Waals surface area contributed by atoms with Crippen LogP contribution >= 0.6 is 22.9 Å². The lowest BCUT2D eigenvalue weighted by Crippen LogP contribution is -2.06. The zero-order valence-corrected chi connectivity index (χ0v) is 13.9. The minimum atomic E-state index is 0.589. The lowest BCUT2D eigenvalue weighted by atomic mass is 10.3. The van der Waals surface area contributed by atoms with Crippen molar-refractivity contribution in [1.82, 2.24) is 19.7 Å². The number of rotatable bonds is 3. The summed E-state index contributed by atoms with van der Waals surface area (Å²) in [6.45, 7) is 5.98. The third kappa shape index (κ3) is 2.28. The van der Waals surface area contributed by atoms with Crippen LogP contribution in [0, 0.1) is 13.8 Å². The predicted molar refractivity (Wildman–Crippen MR) is 87.9 cm³/mol. The first-order valence-corrected chi connectivity index (χ1v) is 7.94. The first-order valence-electron chi connectivity index (χ1n) is 6.75. The number of nitrogens with zero attached hydrogens (tertiary/aromatic N) is 4. The molecule has 3 aromatic heterocycles. The van der Waals surface area contributed by atoms with Crippen LogP contribution in [-0.2, 0) is 6.42 Å². The second kappa shape index (κ2) is 5.27. The number of hydrogen-bond acceptors (Lipinski definition) is 5. The van der Waals surface area contributed by atoms with Crippen LogP contribution < -0.4 is 5.32 Å². The van der Waals surface area contributed by atoms with E-state index >= 15 is 0 Å². The molecule has 5 nitrogen and oxygen atoms in total. The average molecular weight is 322 g/mol. The van der Waals surface area contributed by atoms with E-state index in [2.05, 4.69) is 33.4 Å². The smallest absolute Gasteiger partial charge is 0.225 e. The van der Waals surface area contributed by atoms with Crippen LogP contribution in [0.3, 0.4) is 0 Å². The molecule has 110 valence electrons. The average Bonchev–Trinajstić information content (AvgIpc) is 3.02. The number of aromatic nitrogens is 4. The molecule has 3 aromatic rings. The van der Waals surface area contributed by atoms with Gasteiger partial charge in [0.15, 0.2) is 5.82 Å². The molecule has 0 amide bonds. The van der Waals surface area contributed by atoms with E-state index < -0.39 is 0 Å². The van der Waals surface area contributed by atoms with Crippen LogP contribution in [0.4, 0.5) is 5.95 Å². The Hall–Kier alpha value is -1.66. The molecule has 0 radical (unpaired) electrons. The van der Waals surface area contributed by atoms with Crippen molar-refractivity contribution in [3.63, 3.8) is 0 Å². The third-order valence-corrected chi connectivity index (χ3v) is 5.12. The number of thiophene rings is 1. The number of fused-ring (bicyclic) bond motifs is 1. The summed E-state index contributed by atoms with van der Waals surface area (Å²) in [6, 6.07) is 2.14. The van der Waals surface area contributed by atoms with Crippen LogP contribution in [0.25, 0.3) is 16.0 Å². The van der Waals surface area contributed by atoms with Crippen molar-refractivity contribution >= 4 is 39.1 Å². The number of aryl methyl sites for hydroxylation is 2. The predicted octanol–water partition coefficient (Wildman–Crippen LogP) is 3.75. The molecule has 0 bridgehead atoms. The largest absolute Gasteiger partial charge is 0.357 e. The van der Waals surface area contributed by atoms with Crippen molar-refractivity contribution in [2.75, 3.05) is 12.4 Å². The van der Waals surface area contributed by atoms with Gasteiger partial charge in [0.05, 0.1) is 21.8 Å². The molecule has 3 heterocycles. The summed E-state index contributed by atoms with van der Waals surface area (Å²) in [6.07, 6.45) is 0.979. The molecular formula is C14H16ClN5S. The van der Waals surface area contributed by atoms with Gasteiger partial charge in [0.1, 0.15) is 4.83 Å². The second-order valence-corrected chi connectivity index (χ2v) is 6.30. The third-order valence-electron chi connectivity index (χ3n) is 3.40. The van der Waals surface area contributed by atoms with Crippen molar-refractivity contribution in [2.24, 2.45) is 0 Å². The maximum Gasteiger partial charge on any atom is 0.225 e. The molecule has 0 aromatic carbocycles. The van der Waals surface area contributed by atoms with Gasteiger partial charge in [-0.1, -0.05) is 18.5 Å². The van der Waals surface area contributed by atoms with E-state index in [0.29, 0.717) is 11.0 Å². The fourth-order valence-electron chi connectivity index (χ4n) is 2.23. The standard InChI is InChI=1S/C14H16ClN5S/c1-5-9-6-10-12(17-14(16-4)18-13(10)21-9)20-8(3)11(15)7(2)19-20/h6H,5H2,1-4H3,(H,16,17,18). The van der Waals surface area contributed by atoms with Crippen molar-refractivity contribution in [3.05, 3.63) is 27.4 Å². The highest BCUT2D eigenvalue weighted by Crippen LogP contribution is 2.31. The minimum absolute atomic E-state index is 0.589. The fourth-order valence-corrected chi connectivity index (χ4v) is 3.31. The number of anilines is 1. The molecule has 0 saturated carbocycles. The van der Waals surface area contributed by atoms with Crippen LogP contribution in [0.1, 0.15) is 23.2 Å². The Kier molecular flexibility index (Phi) is 3.59. The molecule has 0 aliphatic carbocycles. The zero-order chi connectivity index (χ0) is 15.1.